The van der Waals surface area contributed by atoms with Crippen LogP contribution in [0.1, 0.15) is 16.1 Å². The van der Waals surface area contributed by atoms with Crippen LogP contribution < -0.4 is 5.43 Å². The zero-order chi connectivity index (χ0) is 15.9. The highest BCUT2D eigenvalue weighted by Crippen LogP contribution is 2.29. The molecule has 1 aliphatic carbocycles. The molecule has 5 heteroatoms. The second kappa shape index (κ2) is 5.31. The molecule has 0 atom stereocenters. The highest BCUT2D eigenvalue weighted by atomic mass is 35.5. The van der Waals surface area contributed by atoms with E-state index in [1.54, 1.807) is 29.7 Å². The number of halogens is 1. The first-order chi connectivity index (χ1) is 10.5. The summed E-state index contributed by atoms with van der Waals surface area (Å²) in [5, 5.41) is 10.1. The second-order valence-electron chi connectivity index (χ2n) is 4.99. The van der Waals surface area contributed by atoms with E-state index in [1.807, 2.05) is 18.3 Å². The van der Waals surface area contributed by atoms with Crippen LogP contribution in [0.4, 0.5) is 0 Å². The van der Waals surface area contributed by atoms with Crippen LogP contribution >= 0.6 is 11.6 Å². The molecule has 0 fully saturated rings. The number of aromatic nitrogens is 1. The van der Waals surface area contributed by atoms with Crippen molar-refractivity contribution in [2.75, 3.05) is 0 Å². The maximum Gasteiger partial charge on any atom is 0.338 e. The highest BCUT2D eigenvalue weighted by molar-refractivity contribution is 6.30. The van der Waals surface area contributed by atoms with Gasteiger partial charge < -0.3 is 9.67 Å². The maximum atomic E-state index is 11.6. The summed E-state index contributed by atoms with van der Waals surface area (Å²) in [7, 11) is 0. The van der Waals surface area contributed by atoms with E-state index in [0.717, 1.165) is 5.69 Å². The molecule has 0 unspecified atom stereocenters. The van der Waals surface area contributed by atoms with Crippen molar-refractivity contribution in [3.05, 3.63) is 75.2 Å². The van der Waals surface area contributed by atoms with E-state index in [4.69, 9.17) is 11.6 Å². The Balaban J connectivity index is 2.37. The number of carbonyl (C=O) groups is 1. The van der Waals surface area contributed by atoms with Crippen LogP contribution in [-0.4, -0.2) is 15.6 Å². The molecule has 0 aromatic heterocycles. The topological polar surface area (TPSA) is 59.3 Å². The summed E-state index contributed by atoms with van der Waals surface area (Å²) in [6.07, 6.45) is 1.82. The lowest BCUT2D eigenvalue weighted by molar-refractivity contribution is 0.0696. The van der Waals surface area contributed by atoms with Gasteiger partial charge in [0.25, 0.3) is 0 Å². The first-order valence-corrected chi connectivity index (χ1v) is 7.00. The lowest BCUT2D eigenvalue weighted by Crippen LogP contribution is -2.13. The van der Waals surface area contributed by atoms with Crippen molar-refractivity contribution in [1.29, 1.82) is 0 Å². The van der Waals surface area contributed by atoms with Crippen molar-refractivity contribution in [3.63, 3.8) is 0 Å². The molecule has 110 valence electrons. The quantitative estimate of drug-likeness (QED) is 0.786. The second-order valence-corrected chi connectivity index (χ2v) is 5.43. The molecular weight excluding hydrogens is 302 g/mol. The maximum absolute atomic E-state index is 11.6. The molecule has 0 amide bonds. The Hall–Kier alpha value is -2.59. The standard InChI is InChI=1S/C17H12ClNO3/c1-10-16(17(21)22)15-8-14(20)7-2-11(15)9-19(10)13-5-3-12(18)4-6-13/h2-9H,1H3,(H,21,22). The molecule has 22 heavy (non-hydrogen) atoms. The van der Waals surface area contributed by atoms with Crippen molar-refractivity contribution in [3.8, 4) is 16.8 Å². The fraction of sp³-hybridized carbons (Fsp3) is 0.0588. The molecule has 1 N–H and O–H groups in total. The van der Waals surface area contributed by atoms with Gasteiger partial charge >= 0.3 is 5.97 Å². The van der Waals surface area contributed by atoms with Gasteiger partial charge in [-0.3, -0.25) is 4.79 Å². The van der Waals surface area contributed by atoms with E-state index in [1.165, 1.54) is 12.1 Å². The third-order valence-corrected chi connectivity index (χ3v) is 3.86. The molecule has 1 aliphatic heterocycles. The lowest BCUT2D eigenvalue weighted by atomic mass is 9.97. The first kappa shape index (κ1) is 14.4. The number of fused-ring (bicyclic) bond motifs is 1. The van der Waals surface area contributed by atoms with E-state index in [0.29, 0.717) is 21.8 Å². The van der Waals surface area contributed by atoms with E-state index < -0.39 is 5.97 Å². The zero-order valence-corrected chi connectivity index (χ0v) is 12.5. The number of nitrogens with zero attached hydrogens (tertiary/aromatic N) is 1. The van der Waals surface area contributed by atoms with Gasteiger partial charge in [0.2, 0.25) is 0 Å². The van der Waals surface area contributed by atoms with Gasteiger partial charge in [-0.15, -0.1) is 0 Å². The molecule has 0 saturated carbocycles. The van der Waals surface area contributed by atoms with Gasteiger partial charge in [0, 0.05) is 28.2 Å². The Bertz CT molecular complexity index is 897. The predicted octanol–water partition coefficient (Wildman–Crippen LogP) is 3.60. The molecule has 4 nitrogen and oxygen atoms in total. The van der Waals surface area contributed by atoms with Gasteiger partial charge in [-0.25, -0.2) is 4.79 Å². The average molecular weight is 314 g/mol. The van der Waals surface area contributed by atoms with Gasteiger partial charge in [-0.1, -0.05) is 11.6 Å². The van der Waals surface area contributed by atoms with Crippen LogP contribution in [0.15, 0.2) is 53.5 Å². The number of hydrogen-bond acceptors (Lipinski definition) is 2. The number of pyridine rings is 1. The molecule has 1 aromatic rings. The number of carboxylic acid groups (broad SMARTS) is 1. The van der Waals surface area contributed by atoms with Crippen LogP contribution in [0.5, 0.6) is 0 Å². The molecule has 3 rings (SSSR count). The molecular formula is C17H12ClNO3. The molecule has 0 spiro atoms. The normalized spacial score (nSPS) is 10.8. The number of rotatable bonds is 2. The number of benzene rings is 2. The summed E-state index contributed by atoms with van der Waals surface area (Å²) in [6, 6.07) is 11.5. The average Bonchev–Trinajstić information content (AvgIpc) is 2.47. The largest absolute Gasteiger partial charge is 0.478 e. The monoisotopic (exact) mass is 313 g/mol. The number of hydrogen-bond donors (Lipinski definition) is 1. The number of aromatic carboxylic acids is 1. The summed E-state index contributed by atoms with van der Waals surface area (Å²) in [5.41, 5.74) is 2.41. The van der Waals surface area contributed by atoms with Crippen LogP contribution in [0.3, 0.4) is 0 Å². The third-order valence-electron chi connectivity index (χ3n) is 3.60. The van der Waals surface area contributed by atoms with Crippen molar-refractivity contribution in [1.82, 2.24) is 4.57 Å². The predicted molar refractivity (Wildman–Crippen MR) is 85.4 cm³/mol. The van der Waals surface area contributed by atoms with Gasteiger partial charge in [-0.05, 0) is 55.0 Å². The Morgan fingerprint density at radius 1 is 1.14 bits per heavy atom. The fourth-order valence-corrected chi connectivity index (χ4v) is 2.68. The molecule has 1 heterocycles. The van der Waals surface area contributed by atoms with Gasteiger partial charge in [0.1, 0.15) is 0 Å². The van der Waals surface area contributed by atoms with Crippen LogP contribution in [0.2, 0.25) is 5.02 Å². The van der Waals surface area contributed by atoms with Crippen molar-refractivity contribution in [2.24, 2.45) is 0 Å². The summed E-state index contributed by atoms with van der Waals surface area (Å²) in [5.74, 6) is -1.06. The van der Waals surface area contributed by atoms with Crippen molar-refractivity contribution < 1.29 is 9.90 Å². The van der Waals surface area contributed by atoms with Crippen LogP contribution in [-0.2, 0) is 0 Å². The summed E-state index contributed by atoms with van der Waals surface area (Å²) >= 11 is 5.90. The number of carboxylic acids is 1. The highest BCUT2D eigenvalue weighted by Gasteiger charge is 2.20. The van der Waals surface area contributed by atoms with Crippen LogP contribution in [0.25, 0.3) is 16.8 Å². The van der Waals surface area contributed by atoms with Crippen molar-refractivity contribution >= 4 is 17.6 Å². The SMILES string of the molecule is Cc1c(C(=O)O)c2cc(=O)ccc-2cn1-c1ccc(Cl)cc1. The van der Waals surface area contributed by atoms with Gasteiger partial charge in [0.05, 0.1) is 5.56 Å². The van der Waals surface area contributed by atoms with E-state index in [-0.39, 0.29) is 11.0 Å². The molecule has 2 aliphatic rings. The zero-order valence-electron chi connectivity index (χ0n) is 11.7. The van der Waals surface area contributed by atoms with E-state index >= 15 is 0 Å². The Morgan fingerprint density at radius 2 is 1.82 bits per heavy atom. The van der Waals surface area contributed by atoms with Gasteiger partial charge in [-0.2, -0.15) is 0 Å². The summed E-state index contributed by atoms with van der Waals surface area (Å²) in [6.45, 7) is 1.72. The van der Waals surface area contributed by atoms with E-state index in [9.17, 15) is 14.7 Å². The minimum atomic E-state index is -1.06. The van der Waals surface area contributed by atoms with Gasteiger partial charge in [0.15, 0.2) is 5.43 Å². The van der Waals surface area contributed by atoms with E-state index in [2.05, 4.69) is 0 Å². The molecule has 1 aromatic carbocycles. The summed E-state index contributed by atoms with van der Waals surface area (Å²) < 4.78 is 1.78. The van der Waals surface area contributed by atoms with Crippen LogP contribution in [0, 0.1) is 6.92 Å². The molecule has 0 radical (unpaired) electrons. The van der Waals surface area contributed by atoms with Crippen molar-refractivity contribution in [2.45, 2.75) is 6.92 Å². The Kier molecular flexibility index (Phi) is 3.47. The molecule has 0 bridgehead atoms. The Morgan fingerprint density at radius 3 is 2.45 bits per heavy atom. The summed E-state index contributed by atoms with van der Waals surface area (Å²) in [4.78, 5) is 23.2. The fourth-order valence-electron chi connectivity index (χ4n) is 2.56. The minimum absolute atomic E-state index is 0.130. The lowest BCUT2D eigenvalue weighted by Gasteiger charge is -2.19. The molecule has 0 saturated heterocycles. The Labute approximate surface area is 131 Å². The third kappa shape index (κ3) is 2.38. The smallest absolute Gasteiger partial charge is 0.338 e. The first-order valence-electron chi connectivity index (χ1n) is 6.62. The minimum Gasteiger partial charge on any atom is -0.478 e.